The Morgan fingerprint density at radius 2 is 1.79 bits per heavy atom. The molecule has 0 aromatic carbocycles. The van der Waals surface area contributed by atoms with Gasteiger partial charge in [-0.3, -0.25) is 9.69 Å². The number of nitrogens with one attached hydrogen (secondary N) is 1. The third-order valence-electron chi connectivity index (χ3n) is 3.36. The predicted octanol–water partition coefficient (Wildman–Crippen LogP) is 0.428. The molecule has 2 saturated heterocycles. The molecule has 0 aliphatic carbocycles. The van der Waals surface area contributed by atoms with Gasteiger partial charge in [0.25, 0.3) is 0 Å². The number of hydrogen-bond acceptors (Lipinski definition) is 4. The number of carbonyl (C=O) groups excluding carboxylic acids is 2. The molecular weight excluding hydrogens is 246 g/mol. The lowest BCUT2D eigenvalue weighted by Gasteiger charge is -2.43. The molecule has 0 aromatic rings. The number of rotatable bonds is 1. The van der Waals surface area contributed by atoms with Gasteiger partial charge < -0.3 is 15.0 Å². The van der Waals surface area contributed by atoms with E-state index in [1.807, 2.05) is 25.7 Å². The summed E-state index contributed by atoms with van der Waals surface area (Å²) in [6.45, 7) is 9.19. The number of ether oxygens (including phenoxy) is 1. The Labute approximate surface area is 114 Å². The monoisotopic (exact) mass is 269 g/mol. The molecule has 2 heterocycles. The summed E-state index contributed by atoms with van der Waals surface area (Å²) in [5, 5.41) is 3.21. The Balaban J connectivity index is 1.90. The summed E-state index contributed by atoms with van der Waals surface area (Å²) in [6, 6.07) is -0.326. The van der Waals surface area contributed by atoms with Crippen LogP contribution in [0.5, 0.6) is 0 Å². The van der Waals surface area contributed by atoms with E-state index in [9.17, 15) is 9.59 Å². The van der Waals surface area contributed by atoms with Gasteiger partial charge in [-0.1, -0.05) is 0 Å². The number of likely N-dealkylation sites (tertiary alicyclic amines) is 1. The molecule has 6 heteroatoms. The first-order valence-corrected chi connectivity index (χ1v) is 6.87. The smallest absolute Gasteiger partial charge is 0.410 e. The molecule has 6 nitrogen and oxygen atoms in total. The lowest BCUT2D eigenvalue weighted by atomic mass is 10.0. The molecule has 1 atom stereocenters. The molecule has 0 radical (unpaired) electrons. The maximum atomic E-state index is 12.3. The number of amides is 2. The summed E-state index contributed by atoms with van der Waals surface area (Å²) in [4.78, 5) is 27.6. The van der Waals surface area contributed by atoms with Crippen molar-refractivity contribution in [2.45, 2.75) is 38.8 Å². The van der Waals surface area contributed by atoms with Crippen molar-refractivity contribution >= 4 is 12.0 Å². The van der Waals surface area contributed by atoms with Gasteiger partial charge in [0.05, 0.1) is 0 Å². The van der Waals surface area contributed by atoms with Crippen LogP contribution in [-0.2, 0) is 9.53 Å². The van der Waals surface area contributed by atoms with Crippen molar-refractivity contribution in [2.75, 3.05) is 32.7 Å². The Morgan fingerprint density at radius 3 is 2.26 bits per heavy atom. The maximum absolute atomic E-state index is 12.3. The Bertz CT molecular complexity index is 359. The van der Waals surface area contributed by atoms with Crippen LogP contribution in [0.3, 0.4) is 0 Å². The first kappa shape index (κ1) is 14.1. The highest BCUT2D eigenvalue weighted by Gasteiger charge is 2.41. The fourth-order valence-corrected chi connectivity index (χ4v) is 2.28. The van der Waals surface area contributed by atoms with Crippen molar-refractivity contribution in [3.05, 3.63) is 0 Å². The third kappa shape index (κ3) is 3.37. The summed E-state index contributed by atoms with van der Waals surface area (Å²) >= 11 is 0. The summed E-state index contributed by atoms with van der Waals surface area (Å²) in [5.41, 5.74) is -0.519. The minimum Gasteiger partial charge on any atom is -0.444 e. The minimum absolute atomic E-state index is 0.0543. The molecule has 0 saturated carbocycles. The normalized spacial score (nSPS) is 23.8. The highest BCUT2D eigenvalue weighted by atomic mass is 16.6. The van der Waals surface area contributed by atoms with E-state index in [0.29, 0.717) is 6.54 Å². The summed E-state index contributed by atoms with van der Waals surface area (Å²) < 4.78 is 5.31. The van der Waals surface area contributed by atoms with Crippen LogP contribution in [0.4, 0.5) is 4.79 Å². The van der Waals surface area contributed by atoms with Gasteiger partial charge in [-0.2, -0.15) is 0 Å². The van der Waals surface area contributed by atoms with E-state index in [0.717, 1.165) is 32.6 Å². The molecule has 2 fully saturated rings. The predicted molar refractivity (Wildman–Crippen MR) is 70.8 cm³/mol. The lowest BCUT2D eigenvalue weighted by Crippen LogP contribution is -2.61. The van der Waals surface area contributed by atoms with Crippen molar-refractivity contribution in [3.63, 3.8) is 0 Å². The van der Waals surface area contributed by atoms with E-state index in [2.05, 4.69) is 5.32 Å². The molecule has 2 amide bonds. The average Bonchev–Trinajstić information content (AvgIpc) is 2.26. The fourth-order valence-electron chi connectivity index (χ4n) is 2.28. The summed E-state index contributed by atoms with van der Waals surface area (Å²) in [6.07, 6.45) is 0.356. The van der Waals surface area contributed by atoms with Gasteiger partial charge in [0.2, 0.25) is 5.91 Å². The van der Waals surface area contributed by atoms with Gasteiger partial charge in [0.15, 0.2) is 0 Å². The molecule has 2 aliphatic rings. The fraction of sp³-hybridized carbons (Fsp3) is 0.846. The van der Waals surface area contributed by atoms with E-state index in [4.69, 9.17) is 4.74 Å². The van der Waals surface area contributed by atoms with E-state index in [-0.39, 0.29) is 18.0 Å². The topological polar surface area (TPSA) is 61.9 Å². The third-order valence-corrected chi connectivity index (χ3v) is 3.36. The second kappa shape index (κ2) is 5.36. The van der Waals surface area contributed by atoms with Gasteiger partial charge in [-0.15, -0.1) is 0 Å². The lowest BCUT2D eigenvalue weighted by molar-refractivity contribution is -0.141. The van der Waals surface area contributed by atoms with Gasteiger partial charge >= 0.3 is 6.09 Å². The Morgan fingerprint density at radius 1 is 1.16 bits per heavy atom. The van der Waals surface area contributed by atoms with Crippen molar-refractivity contribution in [3.8, 4) is 0 Å². The second-order valence-corrected chi connectivity index (χ2v) is 6.05. The molecule has 0 unspecified atom stereocenters. The maximum Gasteiger partial charge on any atom is 0.410 e. The van der Waals surface area contributed by atoms with Gasteiger partial charge in [0.1, 0.15) is 11.6 Å². The van der Waals surface area contributed by atoms with Crippen LogP contribution in [0.2, 0.25) is 0 Å². The van der Waals surface area contributed by atoms with E-state index >= 15 is 0 Å². The van der Waals surface area contributed by atoms with E-state index < -0.39 is 5.60 Å². The highest BCUT2D eigenvalue weighted by molar-refractivity contribution is 5.87. The van der Waals surface area contributed by atoms with Crippen LogP contribution in [-0.4, -0.2) is 66.2 Å². The van der Waals surface area contributed by atoms with Crippen molar-refractivity contribution in [1.29, 1.82) is 0 Å². The molecule has 1 N–H and O–H groups in total. The van der Waals surface area contributed by atoms with Crippen molar-refractivity contribution in [1.82, 2.24) is 15.1 Å². The quantitative estimate of drug-likeness (QED) is 0.750. The van der Waals surface area contributed by atoms with Crippen LogP contribution in [0.15, 0.2) is 0 Å². The van der Waals surface area contributed by atoms with Crippen LogP contribution >= 0.6 is 0 Å². The molecule has 0 spiro atoms. The molecule has 2 aliphatic heterocycles. The van der Waals surface area contributed by atoms with E-state index in [1.165, 1.54) is 4.90 Å². The van der Waals surface area contributed by atoms with Gasteiger partial charge in [-0.25, -0.2) is 4.79 Å². The van der Waals surface area contributed by atoms with Gasteiger partial charge in [-0.05, 0) is 27.2 Å². The van der Waals surface area contributed by atoms with E-state index in [1.54, 1.807) is 0 Å². The molecule has 2 rings (SSSR count). The molecule has 0 bridgehead atoms. The first-order valence-electron chi connectivity index (χ1n) is 6.87. The zero-order valence-corrected chi connectivity index (χ0v) is 11.9. The number of piperazine rings is 1. The van der Waals surface area contributed by atoms with Crippen LogP contribution < -0.4 is 5.32 Å². The standard InChI is InChI=1S/C13H23N3O3/c1-13(2,3)19-12(18)16-7-4-10(16)11(17)15-8-5-14-6-9-15/h10,14H,4-9H2,1-3H3/t10-/m0/s1. The summed E-state index contributed by atoms with van der Waals surface area (Å²) in [7, 11) is 0. The minimum atomic E-state index is -0.519. The van der Waals surface area contributed by atoms with Gasteiger partial charge in [0, 0.05) is 32.7 Å². The summed E-state index contributed by atoms with van der Waals surface area (Å²) in [5.74, 6) is 0.0543. The number of hydrogen-bond donors (Lipinski definition) is 1. The zero-order chi connectivity index (χ0) is 14.0. The molecule has 19 heavy (non-hydrogen) atoms. The zero-order valence-electron chi connectivity index (χ0n) is 11.9. The van der Waals surface area contributed by atoms with Crippen molar-refractivity contribution in [2.24, 2.45) is 0 Å². The first-order chi connectivity index (χ1) is 8.88. The number of nitrogens with zero attached hydrogens (tertiary/aromatic N) is 2. The van der Waals surface area contributed by atoms with Crippen LogP contribution in [0, 0.1) is 0 Å². The van der Waals surface area contributed by atoms with Crippen LogP contribution in [0.25, 0.3) is 0 Å². The SMILES string of the molecule is CC(C)(C)OC(=O)N1CC[C@H]1C(=O)N1CCNCC1. The molecule has 0 aromatic heterocycles. The average molecular weight is 269 g/mol. The second-order valence-electron chi connectivity index (χ2n) is 6.05. The number of carbonyl (C=O) groups is 2. The largest absolute Gasteiger partial charge is 0.444 e. The molecular formula is C13H23N3O3. The Hall–Kier alpha value is -1.30. The Kier molecular flexibility index (Phi) is 3.99. The highest BCUT2D eigenvalue weighted by Crippen LogP contribution is 2.23. The molecule has 108 valence electrons. The van der Waals surface area contributed by atoms with Crippen LogP contribution in [0.1, 0.15) is 27.2 Å². The van der Waals surface area contributed by atoms with Crippen molar-refractivity contribution < 1.29 is 14.3 Å².